The molecule has 0 aliphatic rings. The number of halogens is 1. The largest absolute Gasteiger partial charge is 0.385 e. The third-order valence-electron chi connectivity index (χ3n) is 2.59. The highest BCUT2D eigenvalue weighted by molar-refractivity contribution is 7.86. The molecule has 0 aromatic carbocycles. The average Bonchev–Trinajstić information content (AvgIpc) is 2.28. The lowest BCUT2D eigenvalue weighted by molar-refractivity contribution is 0.190. The predicted molar refractivity (Wildman–Crippen MR) is 62.2 cm³/mol. The minimum absolute atomic E-state index is 0.108. The summed E-state index contributed by atoms with van der Waals surface area (Å²) in [6.45, 7) is 1.73. The minimum Gasteiger partial charge on any atom is -0.385 e. The van der Waals surface area contributed by atoms with Crippen LogP contribution in [0.25, 0.3) is 0 Å². The number of methoxy groups -OCH3 is 1. The molecule has 102 valence electrons. The first-order valence-corrected chi connectivity index (χ1v) is 6.79. The monoisotopic (exact) mass is 278 g/mol. The normalized spacial score (nSPS) is 15.3. The molecular formula is C10H15FN2O4S. The van der Waals surface area contributed by atoms with Gasteiger partial charge in [-0.2, -0.15) is 8.42 Å². The average molecular weight is 278 g/mol. The fourth-order valence-corrected chi connectivity index (χ4v) is 2.65. The zero-order chi connectivity index (χ0) is 13.8. The van der Waals surface area contributed by atoms with E-state index in [0.29, 0.717) is 0 Å². The van der Waals surface area contributed by atoms with Gasteiger partial charge in [-0.3, -0.25) is 4.55 Å². The molecular weight excluding hydrogens is 263 g/mol. The smallest absolute Gasteiger partial charge is 0.268 e. The summed E-state index contributed by atoms with van der Waals surface area (Å²) in [4.78, 5) is 7.44. The van der Waals surface area contributed by atoms with E-state index in [9.17, 15) is 17.4 Å². The summed E-state index contributed by atoms with van der Waals surface area (Å²) in [5.41, 5.74) is 0. The summed E-state index contributed by atoms with van der Waals surface area (Å²) in [6.07, 6.45) is 2.02. The van der Waals surface area contributed by atoms with Crippen LogP contribution in [0.3, 0.4) is 0 Å². The fraction of sp³-hybridized carbons (Fsp3) is 0.600. The number of nitrogens with zero attached hydrogens (tertiary/aromatic N) is 2. The Kier molecular flexibility index (Phi) is 5.12. The van der Waals surface area contributed by atoms with E-state index in [0.717, 1.165) is 12.4 Å². The summed E-state index contributed by atoms with van der Waals surface area (Å²) < 4.78 is 49.2. The zero-order valence-corrected chi connectivity index (χ0v) is 10.9. The Labute approximate surface area is 105 Å². The summed E-state index contributed by atoms with van der Waals surface area (Å²) in [5.74, 6) is -1.10. The number of hydrogen-bond acceptors (Lipinski definition) is 5. The third kappa shape index (κ3) is 3.97. The minimum atomic E-state index is -4.25. The van der Waals surface area contributed by atoms with E-state index < -0.39 is 27.1 Å². The van der Waals surface area contributed by atoms with Crippen molar-refractivity contribution in [2.75, 3.05) is 13.7 Å². The first-order chi connectivity index (χ1) is 8.36. The zero-order valence-electron chi connectivity index (χ0n) is 10.1. The van der Waals surface area contributed by atoms with Crippen LogP contribution >= 0.6 is 0 Å². The number of aromatic nitrogens is 2. The van der Waals surface area contributed by atoms with Crippen LogP contribution in [0.1, 0.15) is 25.1 Å². The molecule has 0 fully saturated rings. The van der Waals surface area contributed by atoms with Gasteiger partial charge >= 0.3 is 0 Å². The van der Waals surface area contributed by atoms with Gasteiger partial charge in [-0.15, -0.1) is 0 Å². The van der Waals surface area contributed by atoms with Gasteiger partial charge in [0.1, 0.15) is 5.82 Å². The van der Waals surface area contributed by atoms with E-state index >= 15 is 0 Å². The lowest BCUT2D eigenvalue weighted by atomic mass is 10.0. The van der Waals surface area contributed by atoms with Crippen molar-refractivity contribution in [2.45, 2.75) is 24.5 Å². The SMILES string of the molecule is COCC[C@@H]([C@@H](C)c1ncc(F)cn1)S(=O)(=O)O. The summed E-state index contributed by atoms with van der Waals surface area (Å²) in [6, 6.07) is 0. The highest BCUT2D eigenvalue weighted by atomic mass is 32.2. The molecule has 1 aromatic heterocycles. The molecule has 1 aromatic rings. The van der Waals surface area contributed by atoms with Gasteiger partial charge in [0.15, 0.2) is 5.82 Å². The third-order valence-corrected chi connectivity index (χ3v) is 4.00. The molecule has 2 atom stereocenters. The topological polar surface area (TPSA) is 89.4 Å². The second-order valence-electron chi connectivity index (χ2n) is 3.88. The lowest BCUT2D eigenvalue weighted by Gasteiger charge is -2.19. The summed E-state index contributed by atoms with van der Waals surface area (Å²) >= 11 is 0. The van der Waals surface area contributed by atoms with E-state index in [-0.39, 0.29) is 18.9 Å². The van der Waals surface area contributed by atoms with Crippen LogP contribution in [0.4, 0.5) is 4.39 Å². The molecule has 8 heteroatoms. The highest BCUT2D eigenvalue weighted by Crippen LogP contribution is 2.23. The van der Waals surface area contributed by atoms with Gasteiger partial charge in [-0.25, -0.2) is 14.4 Å². The molecule has 0 radical (unpaired) electrons. The van der Waals surface area contributed by atoms with Crippen molar-refractivity contribution in [2.24, 2.45) is 0 Å². The first-order valence-electron chi connectivity index (χ1n) is 5.29. The second-order valence-corrected chi connectivity index (χ2v) is 5.52. The highest BCUT2D eigenvalue weighted by Gasteiger charge is 2.31. The molecule has 1 N–H and O–H groups in total. The maximum absolute atomic E-state index is 12.7. The van der Waals surface area contributed by atoms with Gasteiger partial charge in [0, 0.05) is 19.6 Å². The van der Waals surface area contributed by atoms with Crippen molar-refractivity contribution >= 4 is 10.1 Å². The number of hydrogen-bond donors (Lipinski definition) is 1. The molecule has 0 aliphatic carbocycles. The Hall–Kier alpha value is -1.12. The quantitative estimate of drug-likeness (QED) is 0.781. The molecule has 18 heavy (non-hydrogen) atoms. The van der Waals surface area contributed by atoms with Crippen LogP contribution in [0.2, 0.25) is 0 Å². The standard InChI is InChI=1S/C10H15FN2O4S/c1-7(10-12-5-8(11)6-13-10)9(3-4-17-2)18(14,15)16/h5-7,9H,3-4H2,1-2H3,(H,14,15,16)/t7-,9+/m1/s1. The maximum atomic E-state index is 12.7. The van der Waals surface area contributed by atoms with Crippen molar-refractivity contribution in [1.82, 2.24) is 9.97 Å². The van der Waals surface area contributed by atoms with Crippen LogP contribution < -0.4 is 0 Å². The van der Waals surface area contributed by atoms with Gasteiger partial charge in [-0.05, 0) is 6.42 Å². The van der Waals surface area contributed by atoms with Gasteiger partial charge in [-0.1, -0.05) is 6.92 Å². The van der Waals surface area contributed by atoms with E-state index in [1.807, 2.05) is 0 Å². The van der Waals surface area contributed by atoms with Gasteiger partial charge < -0.3 is 4.74 Å². The van der Waals surface area contributed by atoms with Crippen LogP contribution in [0.5, 0.6) is 0 Å². The molecule has 6 nitrogen and oxygen atoms in total. The molecule has 0 saturated heterocycles. The molecule has 0 spiro atoms. The molecule has 1 rings (SSSR count). The van der Waals surface area contributed by atoms with E-state index in [4.69, 9.17) is 4.74 Å². The first kappa shape index (κ1) is 14.9. The molecule has 0 saturated carbocycles. The Morgan fingerprint density at radius 3 is 2.44 bits per heavy atom. The van der Waals surface area contributed by atoms with Gasteiger partial charge in [0.25, 0.3) is 10.1 Å². The van der Waals surface area contributed by atoms with Gasteiger partial charge in [0.2, 0.25) is 0 Å². The summed E-state index contributed by atoms with van der Waals surface area (Å²) in [5, 5.41) is -1.08. The van der Waals surface area contributed by atoms with Crippen molar-refractivity contribution < 1.29 is 22.1 Å². The van der Waals surface area contributed by atoms with Crippen LogP contribution in [-0.4, -0.2) is 41.9 Å². The maximum Gasteiger partial charge on any atom is 0.268 e. The fourth-order valence-electron chi connectivity index (χ4n) is 1.61. The van der Waals surface area contributed by atoms with Gasteiger partial charge in [0.05, 0.1) is 17.6 Å². The molecule has 0 bridgehead atoms. The molecule has 1 heterocycles. The van der Waals surface area contributed by atoms with Crippen molar-refractivity contribution in [1.29, 1.82) is 0 Å². The molecule has 0 aliphatic heterocycles. The molecule has 0 amide bonds. The van der Waals surface area contributed by atoms with E-state index in [1.165, 1.54) is 7.11 Å². The van der Waals surface area contributed by atoms with Crippen LogP contribution in [0.15, 0.2) is 12.4 Å². The van der Waals surface area contributed by atoms with E-state index in [2.05, 4.69) is 9.97 Å². The Bertz CT molecular complexity index is 477. The van der Waals surface area contributed by atoms with Crippen molar-refractivity contribution in [3.63, 3.8) is 0 Å². The number of rotatable bonds is 6. The second kappa shape index (κ2) is 6.17. The van der Waals surface area contributed by atoms with Crippen LogP contribution in [0, 0.1) is 5.82 Å². The van der Waals surface area contributed by atoms with Crippen LogP contribution in [-0.2, 0) is 14.9 Å². The van der Waals surface area contributed by atoms with Crippen molar-refractivity contribution in [3.8, 4) is 0 Å². The predicted octanol–water partition coefficient (Wildman–Crippen LogP) is 1.01. The Balaban J connectivity index is 2.95. The van der Waals surface area contributed by atoms with Crippen molar-refractivity contribution in [3.05, 3.63) is 24.0 Å². The Morgan fingerprint density at radius 1 is 1.44 bits per heavy atom. The Morgan fingerprint density at radius 2 is 2.00 bits per heavy atom. The molecule has 0 unspecified atom stereocenters. The van der Waals surface area contributed by atoms with E-state index in [1.54, 1.807) is 6.92 Å². The number of ether oxygens (including phenoxy) is 1. The summed E-state index contributed by atoms with van der Waals surface area (Å²) in [7, 11) is -2.82. The lowest BCUT2D eigenvalue weighted by Crippen LogP contribution is -2.29.